The van der Waals surface area contributed by atoms with E-state index in [9.17, 15) is 4.79 Å². The lowest BCUT2D eigenvalue weighted by Gasteiger charge is -2.47. The molecule has 3 aliphatic rings. The van der Waals surface area contributed by atoms with Gasteiger partial charge in [-0.1, -0.05) is 30.3 Å². The highest BCUT2D eigenvalue weighted by molar-refractivity contribution is 7.16. The van der Waals surface area contributed by atoms with Crippen molar-refractivity contribution >= 4 is 22.2 Å². The third kappa shape index (κ3) is 6.40. The Bertz CT molecular complexity index is 1440. The molecule has 1 aromatic carbocycles. The summed E-state index contributed by atoms with van der Waals surface area (Å²) in [5.74, 6) is 0.772. The van der Waals surface area contributed by atoms with Gasteiger partial charge in [0.2, 0.25) is 5.88 Å². The topological polar surface area (TPSA) is 58.1 Å². The van der Waals surface area contributed by atoms with Gasteiger partial charge in [0, 0.05) is 67.4 Å². The molecule has 0 unspecified atom stereocenters. The zero-order chi connectivity index (χ0) is 30.8. The maximum absolute atomic E-state index is 14.1. The molecule has 7 nitrogen and oxygen atoms in total. The van der Waals surface area contributed by atoms with E-state index in [4.69, 9.17) is 14.5 Å². The van der Waals surface area contributed by atoms with Crippen molar-refractivity contribution in [3.8, 4) is 5.88 Å². The van der Waals surface area contributed by atoms with Crippen LogP contribution in [0.2, 0.25) is 0 Å². The lowest BCUT2D eigenvalue weighted by Crippen LogP contribution is -2.57. The fraction of sp³-hybridized carbons (Fsp3) is 0.556. The standard InChI is InChI=1S/C36H48N4O3S/c1-6-40(29-15-13-28(14-16-29)39-20-30(21-39)42-7-2)36-26(5)33-32(44-36)17-18-38(35(33)41)22-31-24(3)19-25(4)37-34(31)43-23-27-11-9-8-10-12-27/h8-12,19,28-30H,6-7,13-18,20-23H2,1-5H3. The Balaban J connectivity index is 1.14. The van der Waals surface area contributed by atoms with Crippen molar-refractivity contribution in [2.75, 3.05) is 37.7 Å². The normalized spacial score (nSPS) is 20.8. The van der Waals surface area contributed by atoms with Crippen molar-refractivity contribution < 1.29 is 14.3 Å². The van der Waals surface area contributed by atoms with Gasteiger partial charge in [-0.3, -0.25) is 9.69 Å². The molecule has 2 aromatic heterocycles. The Morgan fingerprint density at radius 3 is 2.50 bits per heavy atom. The van der Waals surface area contributed by atoms with Gasteiger partial charge >= 0.3 is 0 Å². The van der Waals surface area contributed by atoms with E-state index >= 15 is 0 Å². The fourth-order valence-electron chi connectivity index (χ4n) is 7.41. The Morgan fingerprint density at radius 2 is 1.80 bits per heavy atom. The number of ether oxygens (including phenoxy) is 2. The van der Waals surface area contributed by atoms with E-state index in [2.05, 4.69) is 55.7 Å². The molecular weight excluding hydrogens is 568 g/mol. The molecule has 1 amide bonds. The van der Waals surface area contributed by atoms with E-state index in [1.807, 2.05) is 41.4 Å². The number of carbonyl (C=O) groups excluding carboxylic acids is 1. The Morgan fingerprint density at radius 1 is 1.05 bits per heavy atom. The quantitative estimate of drug-likeness (QED) is 0.239. The number of likely N-dealkylation sites (tertiary alicyclic amines) is 1. The molecule has 0 bridgehead atoms. The summed E-state index contributed by atoms with van der Waals surface area (Å²) in [6, 6.07) is 13.5. The van der Waals surface area contributed by atoms with Crippen LogP contribution in [0.25, 0.3) is 0 Å². The maximum atomic E-state index is 14.1. The highest BCUT2D eigenvalue weighted by atomic mass is 32.1. The molecule has 1 saturated heterocycles. The monoisotopic (exact) mass is 616 g/mol. The van der Waals surface area contributed by atoms with Crippen LogP contribution in [0.3, 0.4) is 0 Å². The number of carbonyl (C=O) groups is 1. The molecule has 44 heavy (non-hydrogen) atoms. The van der Waals surface area contributed by atoms with Crippen LogP contribution >= 0.6 is 11.3 Å². The van der Waals surface area contributed by atoms with Gasteiger partial charge in [0.25, 0.3) is 5.91 Å². The summed E-state index contributed by atoms with van der Waals surface area (Å²) in [5, 5.41) is 1.30. The minimum absolute atomic E-state index is 0.140. The third-order valence-corrected chi connectivity index (χ3v) is 11.2. The Kier molecular flexibility index (Phi) is 9.59. The van der Waals surface area contributed by atoms with Crippen molar-refractivity contribution in [2.45, 2.75) is 98.1 Å². The third-order valence-electron chi connectivity index (χ3n) is 9.81. The molecule has 0 radical (unpaired) electrons. The first-order valence-electron chi connectivity index (χ1n) is 16.5. The predicted octanol–water partition coefficient (Wildman–Crippen LogP) is 6.70. The Labute approximate surface area is 267 Å². The van der Waals surface area contributed by atoms with Crippen molar-refractivity contribution in [3.63, 3.8) is 0 Å². The summed E-state index contributed by atoms with van der Waals surface area (Å²) in [5.41, 5.74) is 6.22. The van der Waals surface area contributed by atoms with Crippen LogP contribution < -0.4 is 9.64 Å². The average molecular weight is 617 g/mol. The van der Waals surface area contributed by atoms with Crippen LogP contribution in [0.1, 0.15) is 82.7 Å². The molecule has 236 valence electrons. The molecular formula is C36H48N4O3S. The second-order valence-electron chi connectivity index (χ2n) is 12.7. The molecule has 3 aromatic rings. The van der Waals surface area contributed by atoms with E-state index in [0.717, 1.165) is 66.2 Å². The van der Waals surface area contributed by atoms with Gasteiger partial charge in [-0.25, -0.2) is 4.98 Å². The van der Waals surface area contributed by atoms with Crippen LogP contribution in [0.5, 0.6) is 5.88 Å². The highest BCUT2D eigenvalue weighted by Crippen LogP contribution is 2.42. The molecule has 8 heteroatoms. The number of benzene rings is 1. The van der Waals surface area contributed by atoms with Crippen molar-refractivity contribution in [1.82, 2.24) is 14.8 Å². The first-order valence-corrected chi connectivity index (χ1v) is 17.4. The van der Waals surface area contributed by atoms with Crippen molar-refractivity contribution in [2.24, 2.45) is 0 Å². The van der Waals surface area contributed by atoms with Gasteiger partial charge < -0.3 is 19.3 Å². The molecule has 6 rings (SSSR count). The average Bonchev–Trinajstić information content (AvgIpc) is 3.34. The van der Waals surface area contributed by atoms with Gasteiger partial charge in [0.15, 0.2) is 0 Å². The number of hydrogen-bond acceptors (Lipinski definition) is 7. The van der Waals surface area contributed by atoms with Crippen LogP contribution in [0, 0.1) is 20.8 Å². The molecule has 2 aliphatic heterocycles. The largest absolute Gasteiger partial charge is 0.473 e. The molecule has 1 aliphatic carbocycles. The zero-order valence-corrected chi connectivity index (χ0v) is 27.9. The minimum atomic E-state index is 0.140. The first kappa shape index (κ1) is 31.1. The van der Waals surface area contributed by atoms with Crippen LogP contribution in [-0.4, -0.2) is 71.7 Å². The lowest BCUT2D eigenvalue weighted by atomic mass is 9.87. The summed E-state index contributed by atoms with van der Waals surface area (Å²) in [6.07, 6.45) is 6.24. The number of rotatable bonds is 11. The first-order chi connectivity index (χ1) is 21.4. The van der Waals surface area contributed by atoms with Crippen molar-refractivity contribution in [3.05, 3.63) is 74.8 Å². The number of nitrogens with zero attached hydrogens (tertiary/aromatic N) is 4. The van der Waals surface area contributed by atoms with Gasteiger partial charge in [-0.05, 0) is 83.1 Å². The number of amides is 1. The van der Waals surface area contributed by atoms with E-state index in [0.29, 0.717) is 43.8 Å². The summed E-state index contributed by atoms with van der Waals surface area (Å²) in [4.78, 5) is 27.3. The molecule has 4 heterocycles. The van der Waals surface area contributed by atoms with Gasteiger partial charge in [-0.15, -0.1) is 11.3 Å². The Hall–Kier alpha value is -2.94. The number of thiophene rings is 1. The number of fused-ring (bicyclic) bond motifs is 1. The van der Waals surface area contributed by atoms with E-state index in [1.54, 1.807) is 0 Å². The molecule has 1 saturated carbocycles. The fourth-order valence-corrected chi connectivity index (χ4v) is 8.83. The van der Waals surface area contributed by atoms with Crippen LogP contribution in [-0.2, 0) is 24.3 Å². The highest BCUT2D eigenvalue weighted by Gasteiger charge is 2.37. The number of aromatic nitrogens is 1. The van der Waals surface area contributed by atoms with E-state index < -0.39 is 0 Å². The number of aryl methyl sites for hydroxylation is 2. The number of pyridine rings is 1. The van der Waals surface area contributed by atoms with Crippen LogP contribution in [0.4, 0.5) is 5.00 Å². The maximum Gasteiger partial charge on any atom is 0.255 e. The van der Waals surface area contributed by atoms with Crippen LogP contribution in [0.15, 0.2) is 36.4 Å². The summed E-state index contributed by atoms with van der Waals surface area (Å²) < 4.78 is 12.0. The minimum Gasteiger partial charge on any atom is -0.473 e. The molecule has 0 atom stereocenters. The second-order valence-corrected chi connectivity index (χ2v) is 13.8. The number of hydrogen-bond donors (Lipinski definition) is 0. The smallest absolute Gasteiger partial charge is 0.255 e. The van der Waals surface area contributed by atoms with E-state index in [-0.39, 0.29) is 5.91 Å². The summed E-state index contributed by atoms with van der Waals surface area (Å²) >= 11 is 1.86. The summed E-state index contributed by atoms with van der Waals surface area (Å²) in [7, 11) is 0. The molecule has 2 fully saturated rings. The van der Waals surface area contributed by atoms with Gasteiger partial charge in [0.1, 0.15) is 6.61 Å². The van der Waals surface area contributed by atoms with Gasteiger partial charge in [-0.2, -0.15) is 0 Å². The van der Waals surface area contributed by atoms with Crippen molar-refractivity contribution in [1.29, 1.82) is 0 Å². The van der Waals surface area contributed by atoms with Gasteiger partial charge in [0.05, 0.1) is 23.2 Å². The summed E-state index contributed by atoms with van der Waals surface area (Å²) in [6.45, 7) is 16.3. The lowest BCUT2D eigenvalue weighted by molar-refractivity contribution is -0.0738. The molecule has 0 N–H and O–H groups in total. The molecule has 0 spiro atoms. The number of anilines is 1. The predicted molar refractivity (Wildman–Crippen MR) is 178 cm³/mol. The zero-order valence-electron chi connectivity index (χ0n) is 27.1. The SMILES string of the molecule is CCOC1CN(C2CCC(N(CC)c3sc4c(c3C)C(=O)N(Cc3c(C)cc(C)nc3OCc3ccccc3)CC4)CC2)C1. The second kappa shape index (κ2) is 13.6. The van der Waals surface area contributed by atoms with E-state index in [1.165, 1.54) is 35.6 Å².